The predicted molar refractivity (Wildman–Crippen MR) is 123 cm³/mol. The zero-order valence-corrected chi connectivity index (χ0v) is 19.6. The van der Waals surface area contributed by atoms with Gasteiger partial charge in [-0.3, -0.25) is 4.79 Å². The minimum atomic E-state index is -3.76. The van der Waals surface area contributed by atoms with Crippen LogP contribution in [0.2, 0.25) is 0 Å². The zero-order valence-electron chi connectivity index (χ0n) is 18.8. The summed E-state index contributed by atoms with van der Waals surface area (Å²) in [7, 11) is -3.76. The summed E-state index contributed by atoms with van der Waals surface area (Å²) in [5.74, 6) is -0.693. The summed E-state index contributed by atoms with van der Waals surface area (Å²) in [5.41, 5.74) is 1.09. The number of anilines is 1. The fourth-order valence-corrected chi connectivity index (χ4v) is 4.06. The van der Waals surface area contributed by atoms with Crippen LogP contribution in [0, 0.1) is 18.3 Å². The quantitative estimate of drug-likeness (QED) is 0.497. The van der Waals surface area contributed by atoms with E-state index in [0.717, 1.165) is 0 Å². The van der Waals surface area contributed by atoms with Gasteiger partial charge in [0, 0.05) is 18.8 Å². The smallest absolute Gasteiger partial charge is 0.338 e. The van der Waals surface area contributed by atoms with Crippen molar-refractivity contribution in [2.75, 3.05) is 31.2 Å². The summed E-state index contributed by atoms with van der Waals surface area (Å²) < 4.78 is 37.4. The average molecular weight is 474 g/mol. The maximum atomic E-state index is 12.8. The second kappa shape index (κ2) is 12.0. The second-order valence-corrected chi connectivity index (χ2v) is 8.70. The van der Waals surface area contributed by atoms with Crippen LogP contribution in [-0.2, 0) is 19.6 Å². The Balaban J connectivity index is 2.16. The summed E-state index contributed by atoms with van der Waals surface area (Å²) in [6.07, 6.45) is 0.0936. The molecule has 0 atom stereocenters. The average Bonchev–Trinajstić information content (AvgIpc) is 2.79. The van der Waals surface area contributed by atoms with E-state index in [2.05, 4.69) is 4.72 Å². The van der Waals surface area contributed by atoms with Crippen molar-refractivity contribution in [3.05, 3.63) is 53.6 Å². The van der Waals surface area contributed by atoms with Gasteiger partial charge in [0.2, 0.25) is 10.0 Å². The third kappa shape index (κ3) is 7.03. The van der Waals surface area contributed by atoms with Crippen molar-refractivity contribution < 1.29 is 27.5 Å². The normalized spacial score (nSPS) is 10.8. The molecule has 0 aliphatic carbocycles. The molecule has 0 aliphatic heterocycles. The monoisotopic (exact) mass is 473 g/mol. The number of nitriles is 1. The molecule has 0 saturated carbocycles. The zero-order chi connectivity index (χ0) is 24.4. The van der Waals surface area contributed by atoms with Crippen molar-refractivity contribution >= 4 is 27.6 Å². The first-order chi connectivity index (χ1) is 15.7. The molecule has 0 aromatic heterocycles. The molecule has 33 heavy (non-hydrogen) atoms. The fourth-order valence-electron chi connectivity index (χ4n) is 2.99. The number of esters is 1. The molecule has 10 heteroatoms. The number of carbonyl (C=O) groups is 2. The first-order valence-electron chi connectivity index (χ1n) is 10.4. The summed E-state index contributed by atoms with van der Waals surface area (Å²) in [5, 5.41) is 8.94. The van der Waals surface area contributed by atoms with Gasteiger partial charge < -0.3 is 14.4 Å². The van der Waals surface area contributed by atoms with E-state index in [0.29, 0.717) is 23.6 Å². The summed E-state index contributed by atoms with van der Waals surface area (Å²) >= 11 is 0. The Hall–Kier alpha value is -3.42. The van der Waals surface area contributed by atoms with Gasteiger partial charge in [-0.05, 0) is 55.8 Å². The molecular formula is C23H27N3O6S. The third-order valence-electron chi connectivity index (χ3n) is 4.61. The lowest BCUT2D eigenvalue weighted by Crippen LogP contribution is -2.35. The van der Waals surface area contributed by atoms with E-state index >= 15 is 0 Å². The molecule has 0 radical (unpaired) electrons. The molecule has 2 aromatic carbocycles. The lowest BCUT2D eigenvalue weighted by Gasteiger charge is -2.22. The van der Waals surface area contributed by atoms with E-state index in [1.54, 1.807) is 38.1 Å². The number of nitrogens with zero attached hydrogens (tertiary/aromatic N) is 2. The summed E-state index contributed by atoms with van der Waals surface area (Å²) in [6.45, 7) is 5.41. The van der Waals surface area contributed by atoms with Gasteiger partial charge >= 0.3 is 5.97 Å². The van der Waals surface area contributed by atoms with Gasteiger partial charge in [-0.15, -0.1) is 0 Å². The topological polar surface area (TPSA) is 126 Å². The lowest BCUT2D eigenvalue weighted by atomic mass is 10.1. The van der Waals surface area contributed by atoms with E-state index in [1.807, 2.05) is 13.0 Å². The van der Waals surface area contributed by atoms with E-state index < -0.39 is 28.5 Å². The van der Waals surface area contributed by atoms with Gasteiger partial charge in [-0.1, -0.05) is 13.0 Å². The first kappa shape index (κ1) is 25.8. The summed E-state index contributed by atoms with van der Waals surface area (Å²) in [4.78, 5) is 26.7. The van der Waals surface area contributed by atoms with Crippen LogP contribution in [0.25, 0.3) is 0 Å². The molecule has 1 amide bonds. The maximum Gasteiger partial charge on any atom is 0.338 e. The van der Waals surface area contributed by atoms with Gasteiger partial charge in [-0.25, -0.2) is 17.9 Å². The maximum absolute atomic E-state index is 12.8. The Labute approximate surface area is 194 Å². The first-order valence-corrected chi connectivity index (χ1v) is 11.9. The van der Waals surface area contributed by atoms with E-state index in [1.165, 1.54) is 23.1 Å². The molecular weight excluding hydrogens is 446 g/mol. The lowest BCUT2D eigenvalue weighted by molar-refractivity contribution is -0.121. The molecule has 0 heterocycles. The predicted octanol–water partition coefficient (Wildman–Crippen LogP) is 2.80. The highest BCUT2D eigenvalue weighted by Crippen LogP contribution is 2.21. The van der Waals surface area contributed by atoms with Crippen molar-refractivity contribution in [3.63, 3.8) is 0 Å². The Morgan fingerprint density at radius 3 is 2.42 bits per heavy atom. The number of rotatable bonds is 11. The molecule has 0 spiro atoms. The number of aryl methyl sites for hydroxylation is 1. The second-order valence-electron chi connectivity index (χ2n) is 6.93. The highest BCUT2D eigenvalue weighted by molar-refractivity contribution is 7.89. The van der Waals surface area contributed by atoms with Crippen molar-refractivity contribution in [1.82, 2.24) is 4.72 Å². The van der Waals surface area contributed by atoms with Crippen LogP contribution in [0.15, 0.2) is 47.4 Å². The molecule has 2 aromatic rings. The Kier molecular flexibility index (Phi) is 9.39. The van der Waals surface area contributed by atoms with Crippen LogP contribution in [0.1, 0.15) is 36.2 Å². The molecule has 0 bridgehead atoms. The van der Waals surface area contributed by atoms with Crippen LogP contribution >= 0.6 is 0 Å². The van der Waals surface area contributed by atoms with Gasteiger partial charge in [-0.2, -0.15) is 5.26 Å². The van der Waals surface area contributed by atoms with Gasteiger partial charge in [0.05, 0.1) is 29.6 Å². The fraction of sp³-hybridized carbons (Fsp3) is 0.348. The van der Waals surface area contributed by atoms with Crippen LogP contribution < -0.4 is 14.4 Å². The van der Waals surface area contributed by atoms with Crippen molar-refractivity contribution in [2.45, 2.75) is 32.1 Å². The van der Waals surface area contributed by atoms with Gasteiger partial charge in [0.15, 0.2) is 6.61 Å². The minimum Gasteiger partial charge on any atom is -0.494 e. The largest absolute Gasteiger partial charge is 0.494 e. The van der Waals surface area contributed by atoms with E-state index in [-0.39, 0.29) is 30.0 Å². The van der Waals surface area contributed by atoms with Crippen molar-refractivity contribution in [1.29, 1.82) is 5.26 Å². The number of sulfonamides is 1. The molecule has 176 valence electrons. The third-order valence-corrected chi connectivity index (χ3v) is 6.15. The van der Waals surface area contributed by atoms with E-state index in [4.69, 9.17) is 14.7 Å². The molecule has 0 saturated heterocycles. The standard InChI is InChI=1S/C23H27N3O6S/c1-4-25-33(29,30)20-12-7-17(3)21(15-20)23(28)32-16-22(27)26(14-6-13-24)18-8-10-19(11-9-18)31-5-2/h7-12,15,25H,4-6,14,16H2,1-3H3. The molecule has 0 fully saturated rings. The number of ether oxygens (including phenoxy) is 2. The number of amides is 1. The number of benzene rings is 2. The number of nitrogens with one attached hydrogen (secondary N) is 1. The minimum absolute atomic E-state index is 0.0476. The highest BCUT2D eigenvalue weighted by Gasteiger charge is 2.21. The Morgan fingerprint density at radius 2 is 1.82 bits per heavy atom. The number of hydrogen-bond donors (Lipinski definition) is 1. The Bertz CT molecular complexity index is 1120. The highest BCUT2D eigenvalue weighted by atomic mass is 32.2. The van der Waals surface area contributed by atoms with Crippen LogP contribution in [0.4, 0.5) is 5.69 Å². The van der Waals surface area contributed by atoms with Crippen molar-refractivity contribution in [2.24, 2.45) is 0 Å². The molecule has 0 aliphatic rings. The van der Waals surface area contributed by atoms with Crippen LogP contribution in [0.5, 0.6) is 5.75 Å². The Morgan fingerprint density at radius 1 is 1.12 bits per heavy atom. The molecule has 1 N–H and O–H groups in total. The van der Waals surface area contributed by atoms with Gasteiger partial charge in [0.1, 0.15) is 5.75 Å². The molecule has 2 rings (SSSR count). The van der Waals surface area contributed by atoms with Crippen molar-refractivity contribution in [3.8, 4) is 11.8 Å². The SMILES string of the molecule is CCNS(=O)(=O)c1ccc(C)c(C(=O)OCC(=O)N(CCC#N)c2ccc(OCC)cc2)c1. The molecule has 9 nitrogen and oxygen atoms in total. The molecule has 0 unspecified atom stereocenters. The number of carbonyl (C=O) groups excluding carboxylic acids is 2. The van der Waals surface area contributed by atoms with E-state index in [9.17, 15) is 18.0 Å². The summed E-state index contributed by atoms with van der Waals surface area (Å²) in [6, 6.07) is 12.9. The van der Waals surface area contributed by atoms with Crippen LogP contribution in [0.3, 0.4) is 0 Å². The van der Waals surface area contributed by atoms with Gasteiger partial charge in [0.25, 0.3) is 5.91 Å². The van der Waals surface area contributed by atoms with Crippen LogP contribution in [-0.4, -0.2) is 46.6 Å². The number of hydrogen-bond acceptors (Lipinski definition) is 7.